The Morgan fingerprint density at radius 3 is 2.60 bits per heavy atom. The van der Waals surface area contributed by atoms with Gasteiger partial charge in [-0.25, -0.2) is 0 Å². The molecule has 0 unspecified atom stereocenters. The van der Waals surface area contributed by atoms with Crippen LogP contribution in [0.3, 0.4) is 0 Å². The van der Waals surface area contributed by atoms with Gasteiger partial charge >= 0.3 is 0 Å². The molecule has 0 aromatic carbocycles. The van der Waals surface area contributed by atoms with Crippen molar-refractivity contribution in [1.82, 2.24) is 4.90 Å². The van der Waals surface area contributed by atoms with Crippen LogP contribution in [0.4, 0.5) is 0 Å². The molecule has 2 rings (SSSR count). The van der Waals surface area contributed by atoms with E-state index in [4.69, 9.17) is 11.6 Å². The molecule has 0 fully saturated rings. The molecule has 2 amide bonds. The molecule has 78 valence electrons. The Morgan fingerprint density at radius 2 is 2.13 bits per heavy atom. The van der Waals surface area contributed by atoms with Gasteiger partial charge < -0.3 is 0 Å². The number of halogens is 1. The SMILES string of the molecule is CC1=CC(=O)N(Cc2ccc(Cl)s2)C1=O. The summed E-state index contributed by atoms with van der Waals surface area (Å²) >= 11 is 7.14. The van der Waals surface area contributed by atoms with Gasteiger partial charge in [0.2, 0.25) is 0 Å². The van der Waals surface area contributed by atoms with Gasteiger partial charge in [0.1, 0.15) is 0 Å². The van der Waals surface area contributed by atoms with E-state index < -0.39 is 0 Å². The van der Waals surface area contributed by atoms with E-state index in [-0.39, 0.29) is 11.8 Å². The third-order valence-electron chi connectivity index (χ3n) is 2.13. The monoisotopic (exact) mass is 241 g/mol. The van der Waals surface area contributed by atoms with E-state index in [1.165, 1.54) is 22.3 Å². The third-order valence-corrected chi connectivity index (χ3v) is 3.35. The maximum atomic E-state index is 11.5. The summed E-state index contributed by atoms with van der Waals surface area (Å²) in [5.74, 6) is -0.466. The van der Waals surface area contributed by atoms with Crippen molar-refractivity contribution >= 4 is 34.8 Å². The van der Waals surface area contributed by atoms with Crippen LogP contribution in [-0.2, 0) is 16.1 Å². The van der Waals surface area contributed by atoms with E-state index in [0.717, 1.165) is 4.88 Å². The predicted octanol–water partition coefficient (Wildman–Crippen LogP) is 2.22. The van der Waals surface area contributed by atoms with E-state index >= 15 is 0 Å². The summed E-state index contributed by atoms with van der Waals surface area (Å²) in [7, 11) is 0. The van der Waals surface area contributed by atoms with Crippen LogP contribution in [0.2, 0.25) is 4.34 Å². The molecule has 1 aliphatic rings. The van der Waals surface area contributed by atoms with Crippen LogP contribution in [0.15, 0.2) is 23.8 Å². The topological polar surface area (TPSA) is 37.4 Å². The minimum Gasteiger partial charge on any atom is -0.270 e. The van der Waals surface area contributed by atoms with Crippen LogP contribution in [0.5, 0.6) is 0 Å². The van der Waals surface area contributed by atoms with Gasteiger partial charge in [-0.1, -0.05) is 11.6 Å². The van der Waals surface area contributed by atoms with Crippen LogP contribution >= 0.6 is 22.9 Å². The van der Waals surface area contributed by atoms with E-state index in [9.17, 15) is 9.59 Å². The molecule has 0 saturated heterocycles. The Balaban J connectivity index is 2.15. The Bertz CT molecular complexity index is 464. The fourth-order valence-electron chi connectivity index (χ4n) is 1.38. The average molecular weight is 242 g/mol. The second-order valence-corrected chi connectivity index (χ2v) is 5.06. The van der Waals surface area contributed by atoms with Crippen molar-refractivity contribution in [2.75, 3.05) is 0 Å². The highest BCUT2D eigenvalue weighted by atomic mass is 35.5. The van der Waals surface area contributed by atoms with Crippen LogP contribution < -0.4 is 0 Å². The number of thiophene rings is 1. The van der Waals surface area contributed by atoms with Crippen LogP contribution in [0.25, 0.3) is 0 Å². The van der Waals surface area contributed by atoms with Gasteiger partial charge in [0.05, 0.1) is 10.9 Å². The van der Waals surface area contributed by atoms with Crippen LogP contribution in [0.1, 0.15) is 11.8 Å². The Labute approximate surface area is 96.0 Å². The first-order chi connectivity index (χ1) is 7.08. The Hall–Kier alpha value is -1.13. The van der Waals surface area contributed by atoms with E-state index in [0.29, 0.717) is 16.5 Å². The van der Waals surface area contributed by atoms with E-state index in [2.05, 4.69) is 0 Å². The molecule has 1 aromatic rings. The predicted molar refractivity (Wildman–Crippen MR) is 58.6 cm³/mol. The molecule has 0 N–H and O–H groups in total. The molecule has 3 nitrogen and oxygen atoms in total. The largest absolute Gasteiger partial charge is 0.270 e. The number of nitrogens with zero attached hydrogens (tertiary/aromatic N) is 1. The normalized spacial score (nSPS) is 16.1. The second-order valence-electron chi connectivity index (χ2n) is 3.26. The minimum atomic E-state index is -0.248. The van der Waals surface area contributed by atoms with Crippen molar-refractivity contribution in [3.63, 3.8) is 0 Å². The lowest BCUT2D eigenvalue weighted by molar-refractivity contribution is -0.137. The first kappa shape index (κ1) is 10.4. The lowest BCUT2D eigenvalue weighted by Crippen LogP contribution is -2.29. The van der Waals surface area contributed by atoms with Gasteiger partial charge in [-0.15, -0.1) is 11.3 Å². The number of carbonyl (C=O) groups excluding carboxylic acids is 2. The first-order valence-corrected chi connectivity index (χ1v) is 5.55. The van der Waals surface area contributed by atoms with Crippen molar-refractivity contribution in [2.24, 2.45) is 0 Å². The highest BCUT2D eigenvalue weighted by Crippen LogP contribution is 2.24. The standard InChI is InChI=1S/C10H8ClNO2S/c1-6-4-9(13)12(10(6)14)5-7-2-3-8(11)15-7/h2-4H,5H2,1H3. The molecule has 1 aromatic heterocycles. The van der Waals surface area contributed by atoms with Gasteiger partial charge in [0.15, 0.2) is 0 Å². The van der Waals surface area contributed by atoms with E-state index in [1.54, 1.807) is 13.0 Å². The zero-order valence-electron chi connectivity index (χ0n) is 7.99. The summed E-state index contributed by atoms with van der Waals surface area (Å²) in [6, 6.07) is 3.58. The summed E-state index contributed by atoms with van der Waals surface area (Å²) < 4.78 is 0.661. The molecule has 0 atom stereocenters. The molecule has 2 heterocycles. The fourth-order valence-corrected chi connectivity index (χ4v) is 2.46. The highest BCUT2D eigenvalue weighted by molar-refractivity contribution is 7.16. The summed E-state index contributed by atoms with van der Waals surface area (Å²) in [5, 5.41) is 0. The summed E-state index contributed by atoms with van der Waals surface area (Å²) in [4.78, 5) is 25.1. The molecule has 0 bridgehead atoms. The third kappa shape index (κ3) is 1.96. The van der Waals surface area contributed by atoms with Gasteiger partial charge in [0.25, 0.3) is 11.8 Å². The molecular formula is C10H8ClNO2S. The summed E-state index contributed by atoms with van der Waals surface area (Å²) in [6.07, 6.45) is 1.36. The molecule has 15 heavy (non-hydrogen) atoms. The minimum absolute atomic E-state index is 0.218. The van der Waals surface area contributed by atoms with Gasteiger partial charge in [-0.3, -0.25) is 14.5 Å². The Morgan fingerprint density at radius 1 is 1.40 bits per heavy atom. The first-order valence-electron chi connectivity index (χ1n) is 4.36. The lowest BCUT2D eigenvalue weighted by atomic mass is 10.3. The molecule has 0 radical (unpaired) electrons. The number of imide groups is 1. The van der Waals surface area contributed by atoms with Crippen molar-refractivity contribution in [3.8, 4) is 0 Å². The van der Waals surface area contributed by atoms with Crippen molar-refractivity contribution < 1.29 is 9.59 Å². The lowest BCUT2D eigenvalue weighted by Gasteiger charge is -2.12. The zero-order valence-corrected chi connectivity index (χ0v) is 9.56. The van der Waals surface area contributed by atoms with Crippen molar-refractivity contribution in [3.05, 3.63) is 33.0 Å². The average Bonchev–Trinajstić information content (AvgIpc) is 2.67. The highest BCUT2D eigenvalue weighted by Gasteiger charge is 2.28. The maximum Gasteiger partial charge on any atom is 0.256 e. The number of hydrogen-bond donors (Lipinski definition) is 0. The van der Waals surface area contributed by atoms with Gasteiger partial charge in [0, 0.05) is 16.5 Å². The van der Waals surface area contributed by atoms with Crippen molar-refractivity contribution in [2.45, 2.75) is 13.5 Å². The zero-order chi connectivity index (χ0) is 11.0. The van der Waals surface area contributed by atoms with Gasteiger partial charge in [-0.05, 0) is 19.1 Å². The molecular weight excluding hydrogens is 234 g/mol. The number of hydrogen-bond acceptors (Lipinski definition) is 3. The number of amides is 2. The number of carbonyl (C=O) groups is 2. The molecule has 5 heteroatoms. The van der Waals surface area contributed by atoms with Gasteiger partial charge in [-0.2, -0.15) is 0 Å². The summed E-state index contributed by atoms with van der Waals surface area (Å²) in [6.45, 7) is 1.95. The molecule has 0 spiro atoms. The quantitative estimate of drug-likeness (QED) is 0.745. The molecule has 0 aliphatic carbocycles. The van der Waals surface area contributed by atoms with E-state index in [1.807, 2.05) is 6.07 Å². The molecule has 0 saturated carbocycles. The Kier molecular flexibility index (Phi) is 2.63. The summed E-state index contributed by atoms with van der Waals surface area (Å²) in [5.41, 5.74) is 0.489. The van der Waals surface area contributed by atoms with Crippen molar-refractivity contribution in [1.29, 1.82) is 0 Å². The second kappa shape index (κ2) is 3.79. The number of rotatable bonds is 2. The maximum absolute atomic E-state index is 11.5. The fraction of sp³-hybridized carbons (Fsp3) is 0.200. The van der Waals surface area contributed by atoms with Crippen LogP contribution in [-0.4, -0.2) is 16.7 Å². The van der Waals surface area contributed by atoms with Crippen LogP contribution in [0, 0.1) is 0 Å². The molecule has 1 aliphatic heterocycles. The smallest absolute Gasteiger partial charge is 0.256 e.